The minimum absolute atomic E-state index is 0.248. The Balaban J connectivity index is 1.37. The van der Waals surface area contributed by atoms with Crippen LogP contribution in [0.25, 0.3) is 0 Å². The molecule has 2 aliphatic carbocycles. The van der Waals surface area contributed by atoms with E-state index in [4.69, 9.17) is 0 Å². The van der Waals surface area contributed by atoms with Crippen LogP contribution in [-0.4, -0.2) is 50.0 Å². The van der Waals surface area contributed by atoms with Gasteiger partial charge in [0, 0.05) is 39.1 Å². The monoisotopic (exact) mass is 348 g/mol. The van der Waals surface area contributed by atoms with Crippen LogP contribution in [0.5, 0.6) is 0 Å². The van der Waals surface area contributed by atoms with E-state index < -0.39 is 0 Å². The fraction of sp³-hybridized carbons (Fsp3) is 0.900. The SMILES string of the molecule is CN=C(NCCNC(=O)C1CCCCC1)N1CCC2(CCCCC2)C1. The van der Waals surface area contributed by atoms with Gasteiger partial charge in [0.2, 0.25) is 5.91 Å². The normalized spacial score (nSPS) is 24.5. The number of hydrogen-bond donors (Lipinski definition) is 2. The van der Waals surface area contributed by atoms with Gasteiger partial charge in [-0.05, 0) is 37.5 Å². The van der Waals surface area contributed by atoms with Gasteiger partial charge in [-0.3, -0.25) is 9.79 Å². The number of aliphatic imine (C=N–C) groups is 1. The van der Waals surface area contributed by atoms with E-state index in [2.05, 4.69) is 20.5 Å². The van der Waals surface area contributed by atoms with Crippen molar-refractivity contribution in [3.63, 3.8) is 0 Å². The first-order valence-electron chi connectivity index (χ1n) is 10.5. The van der Waals surface area contributed by atoms with Gasteiger partial charge in [0.05, 0.1) is 0 Å². The largest absolute Gasteiger partial charge is 0.354 e. The maximum absolute atomic E-state index is 12.2. The lowest BCUT2D eigenvalue weighted by atomic mass is 9.73. The lowest BCUT2D eigenvalue weighted by Crippen LogP contribution is -2.44. The smallest absolute Gasteiger partial charge is 0.223 e. The van der Waals surface area contributed by atoms with Crippen molar-refractivity contribution < 1.29 is 4.79 Å². The molecule has 3 fully saturated rings. The lowest BCUT2D eigenvalue weighted by Gasteiger charge is -2.33. The first-order valence-corrected chi connectivity index (χ1v) is 10.5. The number of amides is 1. The number of hydrogen-bond acceptors (Lipinski definition) is 2. The van der Waals surface area contributed by atoms with Gasteiger partial charge in [0.25, 0.3) is 0 Å². The highest BCUT2D eigenvalue weighted by atomic mass is 16.1. The van der Waals surface area contributed by atoms with Gasteiger partial charge in [-0.25, -0.2) is 0 Å². The van der Waals surface area contributed by atoms with Crippen LogP contribution in [0.15, 0.2) is 4.99 Å². The molecule has 0 atom stereocenters. The summed E-state index contributed by atoms with van der Waals surface area (Å²) in [6.45, 7) is 3.72. The summed E-state index contributed by atoms with van der Waals surface area (Å²) in [5.41, 5.74) is 0.547. The summed E-state index contributed by atoms with van der Waals surface area (Å²) in [4.78, 5) is 19.1. The Morgan fingerprint density at radius 2 is 1.68 bits per heavy atom. The van der Waals surface area contributed by atoms with Gasteiger partial charge < -0.3 is 15.5 Å². The number of carbonyl (C=O) groups excluding carboxylic acids is 1. The van der Waals surface area contributed by atoms with Gasteiger partial charge in [-0.15, -0.1) is 0 Å². The zero-order valence-electron chi connectivity index (χ0n) is 16.0. The third-order valence-corrected chi connectivity index (χ3v) is 6.55. The summed E-state index contributed by atoms with van der Waals surface area (Å²) in [5, 5.41) is 6.56. The molecule has 2 N–H and O–H groups in total. The van der Waals surface area contributed by atoms with Crippen LogP contribution in [0.4, 0.5) is 0 Å². The van der Waals surface area contributed by atoms with E-state index >= 15 is 0 Å². The number of rotatable bonds is 4. The standard InChI is InChI=1S/C20H36N4O/c1-21-19(24-15-12-20(16-24)10-6-3-7-11-20)23-14-13-22-18(25)17-8-4-2-5-9-17/h17H,2-16H2,1H3,(H,21,23)(H,22,25). The van der Waals surface area contributed by atoms with Crippen molar-refractivity contribution in [2.75, 3.05) is 33.2 Å². The van der Waals surface area contributed by atoms with Crippen LogP contribution >= 0.6 is 0 Å². The molecule has 2 saturated carbocycles. The molecule has 1 saturated heterocycles. The Labute approximate surface area is 153 Å². The molecule has 5 heteroatoms. The molecule has 1 aliphatic heterocycles. The zero-order valence-corrected chi connectivity index (χ0v) is 16.0. The van der Waals surface area contributed by atoms with Crippen LogP contribution in [0.3, 0.4) is 0 Å². The number of likely N-dealkylation sites (tertiary alicyclic amines) is 1. The minimum Gasteiger partial charge on any atom is -0.354 e. The highest BCUT2D eigenvalue weighted by molar-refractivity contribution is 5.80. The first-order chi connectivity index (χ1) is 12.2. The van der Waals surface area contributed by atoms with Gasteiger partial charge in [0.1, 0.15) is 0 Å². The number of guanidine groups is 1. The van der Waals surface area contributed by atoms with Crippen molar-refractivity contribution in [2.24, 2.45) is 16.3 Å². The van der Waals surface area contributed by atoms with Crippen LogP contribution in [0.1, 0.15) is 70.6 Å². The molecule has 25 heavy (non-hydrogen) atoms. The molecule has 3 aliphatic rings. The van der Waals surface area contributed by atoms with Gasteiger partial charge in [-0.1, -0.05) is 38.5 Å². The molecular formula is C20H36N4O. The minimum atomic E-state index is 0.248. The first kappa shape index (κ1) is 18.5. The van der Waals surface area contributed by atoms with Crippen molar-refractivity contribution in [2.45, 2.75) is 70.6 Å². The second-order valence-electron chi connectivity index (χ2n) is 8.33. The van der Waals surface area contributed by atoms with Crippen LogP contribution in [0.2, 0.25) is 0 Å². The molecule has 0 radical (unpaired) electrons. The number of nitrogens with one attached hydrogen (secondary N) is 2. The number of carbonyl (C=O) groups is 1. The van der Waals surface area contributed by atoms with Crippen LogP contribution in [0, 0.1) is 11.3 Å². The third kappa shape index (κ3) is 4.89. The van der Waals surface area contributed by atoms with Gasteiger partial charge in [-0.2, -0.15) is 0 Å². The second kappa shape index (κ2) is 8.91. The molecule has 5 nitrogen and oxygen atoms in total. The average Bonchev–Trinajstić information content (AvgIpc) is 3.06. The molecular weight excluding hydrogens is 312 g/mol. The topological polar surface area (TPSA) is 56.7 Å². The Morgan fingerprint density at radius 1 is 1.00 bits per heavy atom. The molecule has 0 aromatic rings. The molecule has 142 valence electrons. The molecule has 1 spiro atoms. The summed E-state index contributed by atoms with van der Waals surface area (Å²) < 4.78 is 0. The second-order valence-corrected chi connectivity index (χ2v) is 8.33. The van der Waals surface area contributed by atoms with Crippen molar-refractivity contribution in [1.29, 1.82) is 0 Å². The highest BCUT2D eigenvalue weighted by Gasteiger charge is 2.39. The lowest BCUT2D eigenvalue weighted by molar-refractivity contribution is -0.125. The predicted octanol–water partition coefficient (Wildman–Crippen LogP) is 2.91. The zero-order chi connectivity index (χ0) is 17.5. The van der Waals surface area contributed by atoms with E-state index in [1.54, 1.807) is 0 Å². The van der Waals surface area contributed by atoms with Gasteiger partial charge in [0.15, 0.2) is 5.96 Å². The predicted molar refractivity (Wildman–Crippen MR) is 103 cm³/mol. The summed E-state index contributed by atoms with van der Waals surface area (Å²) in [6, 6.07) is 0. The fourth-order valence-electron chi connectivity index (χ4n) is 5.03. The number of nitrogens with zero attached hydrogens (tertiary/aromatic N) is 2. The molecule has 0 aromatic carbocycles. The van der Waals surface area contributed by atoms with E-state index in [0.717, 1.165) is 38.4 Å². The molecule has 1 heterocycles. The molecule has 0 unspecified atom stereocenters. The van der Waals surface area contributed by atoms with Crippen LogP contribution < -0.4 is 10.6 Å². The Kier molecular flexibility index (Phi) is 6.60. The maximum atomic E-state index is 12.2. The summed E-state index contributed by atoms with van der Waals surface area (Å²) in [5.74, 6) is 1.51. The van der Waals surface area contributed by atoms with Crippen molar-refractivity contribution in [3.05, 3.63) is 0 Å². The Bertz CT molecular complexity index is 464. The third-order valence-electron chi connectivity index (χ3n) is 6.55. The highest BCUT2D eigenvalue weighted by Crippen LogP contribution is 2.43. The van der Waals surface area contributed by atoms with E-state index in [1.165, 1.54) is 57.8 Å². The van der Waals surface area contributed by atoms with Crippen molar-refractivity contribution in [3.8, 4) is 0 Å². The van der Waals surface area contributed by atoms with Crippen molar-refractivity contribution >= 4 is 11.9 Å². The maximum Gasteiger partial charge on any atom is 0.223 e. The van der Waals surface area contributed by atoms with Crippen molar-refractivity contribution in [1.82, 2.24) is 15.5 Å². The molecule has 3 rings (SSSR count). The van der Waals surface area contributed by atoms with Crippen LogP contribution in [-0.2, 0) is 4.79 Å². The molecule has 0 bridgehead atoms. The van der Waals surface area contributed by atoms with E-state index in [9.17, 15) is 4.79 Å². The fourth-order valence-corrected chi connectivity index (χ4v) is 5.03. The van der Waals surface area contributed by atoms with E-state index in [-0.39, 0.29) is 11.8 Å². The van der Waals surface area contributed by atoms with Gasteiger partial charge >= 0.3 is 0 Å². The molecule has 1 amide bonds. The average molecular weight is 349 g/mol. The van der Waals surface area contributed by atoms with E-state index in [0.29, 0.717) is 12.0 Å². The summed E-state index contributed by atoms with van der Waals surface area (Å²) in [7, 11) is 1.87. The summed E-state index contributed by atoms with van der Waals surface area (Å²) in [6.07, 6.45) is 14.1. The summed E-state index contributed by atoms with van der Waals surface area (Å²) >= 11 is 0. The molecule has 0 aromatic heterocycles. The van der Waals surface area contributed by atoms with E-state index in [1.807, 2.05) is 7.05 Å². The quantitative estimate of drug-likeness (QED) is 0.467. The Morgan fingerprint density at radius 3 is 2.40 bits per heavy atom. The Hall–Kier alpha value is -1.26.